The molecular weight excluding hydrogens is 172 g/mol. The van der Waals surface area contributed by atoms with E-state index in [4.69, 9.17) is 15.6 Å². The number of aliphatic hydroxyl groups excluding tert-OH is 1. The van der Waals surface area contributed by atoms with Crippen LogP contribution in [0, 0.1) is 0 Å². The predicted molar refractivity (Wildman–Crippen MR) is 48.8 cm³/mol. The number of hydrogen-bond donors (Lipinski definition) is 3. The zero-order valence-electron chi connectivity index (χ0n) is 7.53. The van der Waals surface area contributed by atoms with Gasteiger partial charge in [0.1, 0.15) is 6.61 Å². The Morgan fingerprint density at radius 3 is 2.92 bits per heavy atom. The molecule has 1 unspecified atom stereocenters. The van der Waals surface area contributed by atoms with Crippen LogP contribution in [0.2, 0.25) is 0 Å². The van der Waals surface area contributed by atoms with Crippen LogP contribution in [0.25, 0.3) is 0 Å². The van der Waals surface area contributed by atoms with Crippen molar-refractivity contribution in [3.8, 4) is 0 Å². The molecule has 0 saturated heterocycles. The van der Waals surface area contributed by atoms with Crippen LogP contribution in [0.5, 0.6) is 0 Å². The molecule has 0 aliphatic heterocycles. The number of carbonyl (C=O) groups is 1. The first-order valence-electron chi connectivity index (χ1n) is 4.09. The monoisotopic (exact) mass is 188 g/mol. The Balaban J connectivity index is 3.78. The van der Waals surface area contributed by atoms with Crippen LogP contribution in [0.3, 0.4) is 0 Å². The minimum atomic E-state index is -0.657. The lowest BCUT2D eigenvalue weighted by atomic mass is 10.3. The average Bonchev–Trinajstić information content (AvgIpc) is 2.14. The summed E-state index contributed by atoms with van der Waals surface area (Å²) >= 11 is 0. The van der Waals surface area contributed by atoms with Crippen molar-refractivity contribution in [2.24, 2.45) is 5.73 Å². The summed E-state index contributed by atoms with van der Waals surface area (Å²) in [6.45, 7) is 3.84. The van der Waals surface area contributed by atoms with E-state index in [1.165, 1.54) is 0 Å². The highest BCUT2D eigenvalue weighted by Gasteiger charge is 2.10. The maximum Gasteiger partial charge on any atom is 0.333 e. The van der Waals surface area contributed by atoms with Crippen LogP contribution in [0.4, 0.5) is 0 Å². The van der Waals surface area contributed by atoms with Crippen LogP contribution in [0.15, 0.2) is 12.7 Å². The van der Waals surface area contributed by atoms with Gasteiger partial charge in [0.05, 0.1) is 0 Å². The zero-order chi connectivity index (χ0) is 10.1. The molecule has 0 radical (unpaired) electrons. The minimum Gasteiger partial charge on any atom is -0.445 e. The van der Waals surface area contributed by atoms with Gasteiger partial charge in [-0.15, -0.1) is 6.58 Å². The van der Waals surface area contributed by atoms with E-state index in [0.29, 0.717) is 19.5 Å². The quantitative estimate of drug-likeness (QED) is 0.270. The first kappa shape index (κ1) is 12.1. The summed E-state index contributed by atoms with van der Waals surface area (Å²) in [6, 6.07) is 0. The molecule has 13 heavy (non-hydrogen) atoms. The fraction of sp³-hybridized carbons (Fsp3) is 0.625. The number of carbonyl (C=O) groups excluding carboxylic acids is 1. The molecule has 0 saturated carbocycles. The number of esters is 1. The van der Waals surface area contributed by atoms with Crippen LogP contribution in [-0.2, 0) is 9.53 Å². The standard InChI is InChI=1S/C8H16N2O3/c1-2-5-10-7(3-4-9)13-8(12)6-11/h2,7,10-11H,1,3-6,9H2. The van der Waals surface area contributed by atoms with Crippen molar-refractivity contribution in [1.29, 1.82) is 0 Å². The van der Waals surface area contributed by atoms with Gasteiger partial charge in [-0.3, -0.25) is 5.32 Å². The average molecular weight is 188 g/mol. The third-order valence-corrected chi connectivity index (χ3v) is 1.32. The van der Waals surface area contributed by atoms with E-state index in [9.17, 15) is 4.79 Å². The van der Waals surface area contributed by atoms with Crippen LogP contribution >= 0.6 is 0 Å². The Hall–Kier alpha value is -0.910. The second-order valence-corrected chi connectivity index (χ2v) is 2.41. The molecule has 76 valence electrons. The van der Waals surface area contributed by atoms with Crippen LogP contribution in [0.1, 0.15) is 6.42 Å². The molecule has 5 heteroatoms. The van der Waals surface area contributed by atoms with Crippen molar-refractivity contribution >= 4 is 5.97 Å². The fourth-order valence-electron chi connectivity index (χ4n) is 0.765. The van der Waals surface area contributed by atoms with Crippen molar-refractivity contribution < 1.29 is 14.6 Å². The van der Waals surface area contributed by atoms with Gasteiger partial charge in [0.25, 0.3) is 0 Å². The summed E-state index contributed by atoms with van der Waals surface area (Å²) in [7, 11) is 0. The van der Waals surface area contributed by atoms with E-state index in [0.717, 1.165) is 0 Å². The van der Waals surface area contributed by atoms with E-state index >= 15 is 0 Å². The number of ether oxygens (including phenoxy) is 1. The van der Waals surface area contributed by atoms with Crippen molar-refractivity contribution in [2.45, 2.75) is 12.6 Å². The highest BCUT2D eigenvalue weighted by molar-refractivity contribution is 5.70. The molecule has 0 bridgehead atoms. The molecule has 5 nitrogen and oxygen atoms in total. The SMILES string of the molecule is C=CCNC(CCN)OC(=O)CO. The van der Waals surface area contributed by atoms with Crippen molar-refractivity contribution in [1.82, 2.24) is 5.32 Å². The lowest BCUT2D eigenvalue weighted by Gasteiger charge is -2.16. The topological polar surface area (TPSA) is 84.6 Å². The Kier molecular flexibility index (Phi) is 7.18. The smallest absolute Gasteiger partial charge is 0.333 e. The van der Waals surface area contributed by atoms with Crippen molar-refractivity contribution in [3.05, 3.63) is 12.7 Å². The maximum absolute atomic E-state index is 10.7. The summed E-state index contributed by atoms with van der Waals surface area (Å²) < 4.78 is 4.81. The van der Waals surface area contributed by atoms with E-state index in [2.05, 4.69) is 11.9 Å². The van der Waals surface area contributed by atoms with Crippen molar-refractivity contribution in [3.63, 3.8) is 0 Å². The Morgan fingerprint density at radius 2 is 2.46 bits per heavy atom. The lowest BCUT2D eigenvalue weighted by Crippen LogP contribution is -2.36. The van der Waals surface area contributed by atoms with Crippen LogP contribution < -0.4 is 11.1 Å². The Bertz CT molecular complexity index is 161. The zero-order valence-corrected chi connectivity index (χ0v) is 7.53. The Labute approximate surface area is 77.6 Å². The van der Waals surface area contributed by atoms with Gasteiger partial charge in [-0.2, -0.15) is 0 Å². The highest BCUT2D eigenvalue weighted by Crippen LogP contribution is 1.93. The number of aliphatic hydroxyl groups is 1. The number of hydrogen-bond acceptors (Lipinski definition) is 5. The number of nitrogens with two attached hydrogens (primary N) is 1. The molecule has 0 aromatic carbocycles. The van der Waals surface area contributed by atoms with E-state index < -0.39 is 18.8 Å². The van der Waals surface area contributed by atoms with Gasteiger partial charge in [0.2, 0.25) is 0 Å². The predicted octanol–water partition coefficient (Wildman–Crippen LogP) is -1.03. The third-order valence-electron chi connectivity index (χ3n) is 1.32. The van der Waals surface area contributed by atoms with Gasteiger partial charge in [0, 0.05) is 13.0 Å². The minimum absolute atomic E-state index is 0.410. The summed E-state index contributed by atoms with van der Waals surface area (Å²) in [5.41, 5.74) is 5.30. The molecular formula is C8H16N2O3. The van der Waals surface area contributed by atoms with Crippen LogP contribution in [-0.4, -0.2) is 37.0 Å². The molecule has 0 fully saturated rings. The molecule has 0 aliphatic carbocycles. The lowest BCUT2D eigenvalue weighted by molar-refractivity contribution is -0.154. The molecule has 4 N–H and O–H groups in total. The van der Waals surface area contributed by atoms with Crippen molar-refractivity contribution in [2.75, 3.05) is 19.7 Å². The highest BCUT2D eigenvalue weighted by atomic mass is 16.6. The molecule has 0 aromatic heterocycles. The third kappa shape index (κ3) is 6.27. The molecule has 0 aliphatic rings. The van der Waals surface area contributed by atoms with Gasteiger partial charge in [-0.25, -0.2) is 4.79 Å². The molecule has 0 aromatic rings. The van der Waals surface area contributed by atoms with Gasteiger partial charge in [0.15, 0.2) is 6.23 Å². The first-order valence-corrected chi connectivity index (χ1v) is 4.09. The Morgan fingerprint density at radius 1 is 1.77 bits per heavy atom. The normalized spacial score (nSPS) is 12.2. The largest absolute Gasteiger partial charge is 0.445 e. The number of rotatable bonds is 7. The van der Waals surface area contributed by atoms with Gasteiger partial charge in [-0.05, 0) is 6.54 Å². The number of nitrogens with one attached hydrogen (secondary N) is 1. The molecule has 0 spiro atoms. The second-order valence-electron chi connectivity index (χ2n) is 2.41. The van der Waals surface area contributed by atoms with E-state index in [1.807, 2.05) is 0 Å². The molecule has 0 heterocycles. The summed E-state index contributed by atoms with van der Waals surface area (Å²) in [5.74, 6) is -0.657. The van der Waals surface area contributed by atoms with Gasteiger partial charge < -0.3 is 15.6 Å². The second kappa shape index (κ2) is 7.72. The first-order chi connectivity index (χ1) is 6.24. The van der Waals surface area contributed by atoms with Gasteiger partial charge in [-0.1, -0.05) is 6.08 Å². The molecule has 1 atom stereocenters. The maximum atomic E-state index is 10.7. The summed E-state index contributed by atoms with van der Waals surface area (Å²) in [5, 5.41) is 11.3. The summed E-state index contributed by atoms with van der Waals surface area (Å²) in [4.78, 5) is 10.7. The molecule has 0 amide bonds. The fourth-order valence-corrected chi connectivity index (χ4v) is 0.765. The molecule has 0 rings (SSSR count). The van der Waals surface area contributed by atoms with Gasteiger partial charge >= 0.3 is 5.97 Å². The van der Waals surface area contributed by atoms with E-state index in [1.54, 1.807) is 6.08 Å². The summed E-state index contributed by atoms with van der Waals surface area (Å²) in [6.07, 6.45) is 1.72. The van der Waals surface area contributed by atoms with E-state index in [-0.39, 0.29) is 0 Å².